The fraction of sp³-hybridized carbons (Fsp3) is 0.286. The first kappa shape index (κ1) is 19.9. The average molecular weight is 416 g/mol. The number of benzene rings is 2. The minimum absolute atomic E-state index is 0.101. The Morgan fingerprint density at radius 3 is 2.50 bits per heavy atom. The number of fused-ring (bicyclic) bond motifs is 1. The van der Waals surface area contributed by atoms with Crippen LogP contribution in [0.1, 0.15) is 51.4 Å². The van der Waals surface area contributed by atoms with Gasteiger partial charge in [0.15, 0.2) is 0 Å². The summed E-state index contributed by atoms with van der Waals surface area (Å²) < 4.78 is 39.7. The van der Waals surface area contributed by atoms with Crippen molar-refractivity contribution in [2.24, 2.45) is 0 Å². The van der Waals surface area contributed by atoms with E-state index in [9.17, 15) is 22.8 Å². The molecule has 0 bridgehead atoms. The first-order valence-corrected chi connectivity index (χ1v) is 9.51. The van der Waals surface area contributed by atoms with E-state index in [4.69, 9.17) is 0 Å². The molecule has 0 radical (unpaired) electrons. The molecule has 1 fully saturated rings. The van der Waals surface area contributed by atoms with E-state index in [0.717, 1.165) is 31.4 Å². The zero-order valence-electron chi connectivity index (χ0n) is 16.1. The van der Waals surface area contributed by atoms with E-state index in [1.165, 1.54) is 18.2 Å². The molecule has 30 heavy (non-hydrogen) atoms. The molecule has 0 aliphatic heterocycles. The van der Waals surface area contributed by atoms with Crippen molar-refractivity contribution in [3.05, 3.63) is 58.9 Å². The number of amides is 2. The number of aryl methyl sites for hydroxylation is 1. The van der Waals surface area contributed by atoms with Crippen LogP contribution in [-0.4, -0.2) is 27.8 Å². The highest BCUT2D eigenvalue weighted by Crippen LogP contribution is 2.32. The quantitative estimate of drug-likeness (QED) is 0.588. The summed E-state index contributed by atoms with van der Waals surface area (Å²) in [6, 6.07) is 7.64. The van der Waals surface area contributed by atoms with Gasteiger partial charge in [0.2, 0.25) is 0 Å². The second-order valence-corrected chi connectivity index (χ2v) is 7.34. The third-order valence-corrected chi connectivity index (χ3v) is 5.12. The molecule has 0 unspecified atom stereocenters. The first-order chi connectivity index (χ1) is 14.2. The molecule has 3 N–H and O–H groups in total. The highest BCUT2D eigenvalue weighted by Gasteiger charge is 2.35. The van der Waals surface area contributed by atoms with Gasteiger partial charge in [-0.1, -0.05) is 12.1 Å². The number of nitrogens with zero attached hydrogens (tertiary/aromatic N) is 1. The van der Waals surface area contributed by atoms with E-state index in [0.29, 0.717) is 16.9 Å². The predicted octanol–water partition coefficient (Wildman–Crippen LogP) is 4.42. The molecule has 2 amide bonds. The largest absolute Gasteiger partial charge is 0.417 e. The number of carbonyl (C=O) groups excluding carboxylic acids is 2. The van der Waals surface area contributed by atoms with Gasteiger partial charge in [-0.15, -0.1) is 0 Å². The van der Waals surface area contributed by atoms with Gasteiger partial charge in [-0.3, -0.25) is 9.59 Å². The Kier molecular flexibility index (Phi) is 4.97. The van der Waals surface area contributed by atoms with Crippen LogP contribution in [0.5, 0.6) is 0 Å². The first-order valence-electron chi connectivity index (χ1n) is 9.51. The molecule has 0 saturated heterocycles. The molecular weight excluding hydrogens is 397 g/mol. The molecule has 1 heterocycles. The van der Waals surface area contributed by atoms with Crippen molar-refractivity contribution in [2.45, 2.75) is 38.4 Å². The van der Waals surface area contributed by atoms with Gasteiger partial charge in [-0.25, -0.2) is 4.98 Å². The van der Waals surface area contributed by atoms with E-state index in [1.54, 1.807) is 13.0 Å². The number of anilines is 1. The summed E-state index contributed by atoms with van der Waals surface area (Å²) in [5.41, 5.74) is -0.114. The summed E-state index contributed by atoms with van der Waals surface area (Å²) in [4.78, 5) is 32.7. The summed E-state index contributed by atoms with van der Waals surface area (Å²) >= 11 is 0. The molecule has 1 saturated carbocycles. The van der Waals surface area contributed by atoms with Crippen molar-refractivity contribution in [1.82, 2.24) is 15.3 Å². The number of nitrogens with one attached hydrogen (secondary N) is 3. The zero-order chi connectivity index (χ0) is 21.5. The molecule has 6 nitrogen and oxygen atoms in total. The van der Waals surface area contributed by atoms with Gasteiger partial charge in [-0.2, -0.15) is 13.2 Å². The number of aromatic nitrogens is 2. The van der Waals surface area contributed by atoms with Gasteiger partial charge < -0.3 is 15.6 Å². The maximum atomic E-state index is 13.2. The lowest BCUT2D eigenvalue weighted by molar-refractivity contribution is -0.137. The Labute approximate surface area is 169 Å². The standard InChI is InChI=1S/C21H19F3N4O2/c1-11-25-17-10-13(9-15(18(17)26-11)20(30)27-12-5-4-6-12)28-19(29)14-7-2-3-8-16(14)21(22,23)24/h2-3,7-10,12H,4-6H2,1H3,(H,25,26)(H,27,30)(H,28,29). The fourth-order valence-corrected chi connectivity index (χ4v) is 3.43. The van der Waals surface area contributed by atoms with Crippen LogP contribution in [0.3, 0.4) is 0 Å². The second kappa shape index (κ2) is 7.47. The molecule has 0 atom stereocenters. The smallest absolute Gasteiger partial charge is 0.349 e. The van der Waals surface area contributed by atoms with Crippen LogP contribution in [0.15, 0.2) is 36.4 Å². The van der Waals surface area contributed by atoms with Crippen LogP contribution in [0.2, 0.25) is 0 Å². The topological polar surface area (TPSA) is 86.9 Å². The maximum Gasteiger partial charge on any atom is 0.417 e. The van der Waals surface area contributed by atoms with Crippen molar-refractivity contribution < 1.29 is 22.8 Å². The lowest BCUT2D eigenvalue weighted by atomic mass is 9.93. The number of carbonyl (C=O) groups is 2. The minimum atomic E-state index is -4.66. The van der Waals surface area contributed by atoms with Crippen LogP contribution >= 0.6 is 0 Å². The predicted molar refractivity (Wildman–Crippen MR) is 105 cm³/mol. The molecule has 9 heteroatoms. The highest BCUT2D eigenvalue weighted by atomic mass is 19.4. The molecular formula is C21H19F3N4O2. The van der Waals surface area contributed by atoms with Gasteiger partial charge in [0.1, 0.15) is 11.3 Å². The van der Waals surface area contributed by atoms with E-state index in [1.807, 2.05) is 0 Å². The van der Waals surface area contributed by atoms with Gasteiger partial charge in [-0.05, 0) is 50.5 Å². The Bertz CT molecular complexity index is 1130. The molecule has 2 aromatic carbocycles. The Hall–Kier alpha value is -3.36. The van der Waals surface area contributed by atoms with Crippen molar-refractivity contribution in [3.8, 4) is 0 Å². The van der Waals surface area contributed by atoms with E-state index in [-0.39, 0.29) is 23.2 Å². The summed E-state index contributed by atoms with van der Waals surface area (Å²) in [6.07, 6.45) is -1.80. The molecule has 4 rings (SSSR count). The fourth-order valence-electron chi connectivity index (χ4n) is 3.43. The van der Waals surface area contributed by atoms with Crippen molar-refractivity contribution in [2.75, 3.05) is 5.32 Å². The molecule has 0 spiro atoms. The number of hydrogen-bond acceptors (Lipinski definition) is 3. The Morgan fingerprint density at radius 2 is 1.83 bits per heavy atom. The number of hydrogen-bond donors (Lipinski definition) is 3. The Balaban J connectivity index is 1.68. The monoisotopic (exact) mass is 416 g/mol. The lowest BCUT2D eigenvalue weighted by Crippen LogP contribution is -2.39. The van der Waals surface area contributed by atoms with Crippen LogP contribution in [0.4, 0.5) is 18.9 Å². The number of aromatic amines is 1. The average Bonchev–Trinajstić information content (AvgIpc) is 3.03. The van der Waals surface area contributed by atoms with E-state index < -0.39 is 23.2 Å². The van der Waals surface area contributed by atoms with E-state index in [2.05, 4.69) is 20.6 Å². The van der Waals surface area contributed by atoms with Gasteiger partial charge >= 0.3 is 6.18 Å². The second-order valence-electron chi connectivity index (χ2n) is 7.34. The molecule has 1 aliphatic carbocycles. The molecule has 1 aliphatic rings. The summed E-state index contributed by atoms with van der Waals surface area (Å²) in [5.74, 6) is -0.666. The zero-order valence-corrected chi connectivity index (χ0v) is 16.1. The number of H-pyrrole nitrogens is 1. The third kappa shape index (κ3) is 3.87. The van der Waals surface area contributed by atoms with Gasteiger partial charge in [0.05, 0.1) is 22.2 Å². The van der Waals surface area contributed by atoms with E-state index >= 15 is 0 Å². The normalized spacial score (nSPS) is 14.4. The molecule has 1 aromatic heterocycles. The van der Waals surface area contributed by atoms with Crippen molar-refractivity contribution >= 4 is 28.5 Å². The van der Waals surface area contributed by atoms with Crippen molar-refractivity contribution in [1.29, 1.82) is 0 Å². The molecule has 3 aromatic rings. The van der Waals surface area contributed by atoms with Crippen LogP contribution in [0, 0.1) is 6.92 Å². The number of rotatable bonds is 4. The van der Waals surface area contributed by atoms with Gasteiger partial charge in [0, 0.05) is 11.7 Å². The third-order valence-electron chi connectivity index (χ3n) is 5.12. The summed E-state index contributed by atoms with van der Waals surface area (Å²) in [7, 11) is 0. The van der Waals surface area contributed by atoms with Gasteiger partial charge in [0.25, 0.3) is 11.8 Å². The van der Waals surface area contributed by atoms with Crippen molar-refractivity contribution in [3.63, 3.8) is 0 Å². The highest BCUT2D eigenvalue weighted by molar-refractivity contribution is 6.10. The maximum absolute atomic E-state index is 13.2. The molecule has 156 valence electrons. The summed E-state index contributed by atoms with van der Waals surface area (Å²) in [6.45, 7) is 1.73. The number of alkyl halides is 3. The number of imidazole rings is 1. The van der Waals surface area contributed by atoms with Crippen LogP contribution in [0.25, 0.3) is 11.0 Å². The number of halogens is 3. The minimum Gasteiger partial charge on any atom is -0.349 e. The van der Waals surface area contributed by atoms with Crippen LogP contribution < -0.4 is 10.6 Å². The Morgan fingerprint density at radius 1 is 1.10 bits per heavy atom. The van der Waals surface area contributed by atoms with Crippen LogP contribution in [-0.2, 0) is 6.18 Å². The SMILES string of the molecule is Cc1nc2c(C(=O)NC3CCC3)cc(NC(=O)c3ccccc3C(F)(F)F)cc2[nH]1. The lowest BCUT2D eigenvalue weighted by Gasteiger charge is -2.26. The summed E-state index contributed by atoms with van der Waals surface area (Å²) in [5, 5.41) is 5.40.